The molecule has 2 aliphatic rings. The second kappa shape index (κ2) is 12.8. The maximum atomic E-state index is 11.9. The van der Waals surface area contributed by atoms with Crippen LogP contribution in [0.25, 0.3) is 0 Å². The summed E-state index contributed by atoms with van der Waals surface area (Å²) >= 11 is 0. The van der Waals surface area contributed by atoms with E-state index in [9.17, 15) is 14.4 Å². The topological polar surface area (TPSA) is 102 Å². The molecule has 6 unspecified atom stereocenters. The molecule has 0 aromatic heterocycles. The van der Waals surface area contributed by atoms with Crippen molar-refractivity contribution in [3.05, 3.63) is 0 Å². The Morgan fingerprint density at radius 3 is 2.29 bits per heavy atom. The molecule has 2 fully saturated rings. The third-order valence-electron chi connectivity index (χ3n) is 5.67. The minimum absolute atomic E-state index is 0.0785. The number of rotatable bonds is 7. The van der Waals surface area contributed by atoms with Crippen LogP contribution in [0.2, 0.25) is 0 Å². The minimum atomic E-state index is -0.727. The molecule has 0 radical (unpaired) electrons. The summed E-state index contributed by atoms with van der Waals surface area (Å²) in [6.07, 6.45) is 7.27. The van der Waals surface area contributed by atoms with Gasteiger partial charge in [-0.1, -0.05) is 38.0 Å². The number of carboxylic acids is 1. The molecule has 1 aliphatic carbocycles. The van der Waals surface area contributed by atoms with Crippen LogP contribution < -0.4 is 10.4 Å². The first kappa shape index (κ1) is 25.4. The average Bonchev–Trinajstić information content (AvgIpc) is 3.07. The van der Waals surface area contributed by atoms with Gasteiger partial charge in [-0.15, -0.1) is 0 Å². The third kappa shape index (κ3) is 8.00. The molecule has 0 spiro atoms. The van der Waals surface area contributed by atoms with Gasteiger partial charge in [0.1, 0.15) is 12.3 Å². The fourth-order valence-corrected chi connectivity index (χ4v) is 4.01. The van der Waals surface area contributed by atoms with Crippen molar-refractivity contribution in [2.45, 2.75) is 69.6 Å². The van der Waals surface area contributed by atoms with Gasteiger partial charge in [0.2, 0.25) is 5.91 Å². The van der Waals surface area contributed by atoms with Gasteiger partial charge in [-0.05, 0) is 46.2 Å². The number of likely N-dealkylation sites (tertiary alicyclic amines) is 1. The normalized spacial score (nSPS) is 25.5. The van der Waals surface area contributed by atoms with Crippen LogP contribution in [0, 0.1) is 5.92 Å². The number of aliphatic carboxylic acids is 1. The quantitative estimate of drug-likeness (QED) is 0.404. The van der Waals surface area contributed by atoms with E-state index in [0.717, 1.165) is 25.7 Å². The second-order valence-electron chi connectivity index (χ2n) is 7.80. The van der Waals surface area contributed by atoms with Gasteiger partial charge >= 0.3 is 5.97 Å². The molecular formula is C18H36N4O4P2. The fraction of sp³-hybridized carbons (Fsp3) is 0.833. The van der Waals surface area contributed by atoms with Gasteiger partial charge < -0.3 is 15.2 Å². The average molecular weight is 434 g/mol. The summed E-state index contributed by atoms with van der Waals surface area (Å²) in [6.45, 7) is 2.63. The minimum Gasteiger partial charge on any atom is -0.480 e. The summed E-state index contributed by atoms with van der Waals surface area (Å²) in [5.41, 5.74) is 0. The number of hydrogen-bond acceptors (Lipinski definition) is 6. The molecule has 1 heterocycles. The Hall–Kier alpha value is -0.650. The standard InChI is InChI=1S/C12H23N2O2P.C6H13N2O2P/c1-9(14(2)17)12(16)13-11(8-15)10-6-4-3-5-7-10;1-8-3-4(7-11)2-5(8)6(9)10/h8-11H,3-7,17H2,1-2H3,(H,13,16);4-5,7H,2-3,11H2,1H3,(H,9,10). The number of nitrogens with one attached hydrogen (secondary N) is 2. The molecule has 0 aromatic carbocycles. The molecule has 162 valence electrons. The van der Waals surface area contributed by atoms with E-state index in [0.29, 0.717) is 18.4 Å². The second-order valence-corrected chi connectivity index (χ2v) is 8.95. The highest BCUT2D eigenvalue weighted by Gasteiger charge is 2.33. The molecule has 2 rings (SSSR count). The lowest BCUT2D eigenvalue weighted by atomic mass is 9.84. The van der Waals surface area contributed by atoms with Crippen molar-refractivity contribution in [1.29, 1.82) is 0 Å². The molecule has 6 atom stereocenters. The van der Waals surface area contributed by atoms with Crippen molar-refractivity contribution < 1.29 is 19.5 Å². The molecule has 8 nitrogen and oxygen atoms in total. The van der Waals surface area contributed by atoms with Crippen LogP contribution in [-0.2, 0) is 14.4 Å². The zero-order valence-corrected chi connectivity index (χ0v) is 19.4. The zero-order chi connectivity index (χ0) is 21.3. The zero-order valence-electron chi connectivity index (χ0n) is 17.1. The maximum absolute atomic E-state index is 11.9. The van der Waals surface area contributed by atoms with E-state index in [-0.39, 0.29) is 24.0 Å². The number of nitrogens with zero attached hydrogens (tertiary/aromatic N) is 2. The van der Waals surface area contributed by atoms with Crippen LogP contribution in [0.4, 0.5) is 0 Å². The molecule has 1 saturated heterocycles. The lowest BCUT2D eigenvalue weighted by molar-refractivity contribution is -0.141. The van der Waals surface area contributed by atoms with Gasteiger partial charge in [0.05, 0.1) is 12.1 Å². The van der Waals surface area contributed by atoms with Crippen LogP contribution in [0.1, 0.15) is 45.4 Å². The highest BCUT2D eigenvalue weighted by molar-refractivity contribution is 7.13. The lowest BCUT2D eigenvalue weighted by Gasteiger charge is -2.29. The summed E-state index contributed by atoms with van der Waals surface area (Å²) in [4.78, 5) is 35.4. The number of hydrogen-bond donors (Lipinski definition) is 3. The summed E-state index contributed by atoms with van der Waals surface area (Å²) in [7, 11) is 8.55. The van der Waals surface area contributed by atoms with Crippen molar-refractivity contribution >= 4 is 36.9 Å². The van der Waals surface area contributed by atoms with Crippen LogP contribution in [0.3, 0.4) is 0 Å². The van der Waals surface area contributed by atoms with Crippen molar-refractivity contribution in [2.24, 2.45) is 5.92 Å². The Bertz CT molecular complexity index is 518. The van der Waals surface area contributed by atoms with Crippen LogP contribution in [0.5, 0.6) is 0 Å². The fourth-order valence-electron chi connectivity index (χ4n) is 3.64. The lowest BCUT2D eigenvalue weighted by Crippen LogP contribution is -2.48. The summed E-state index contributed by atoms with van der Waals surface area (Å²) in [5.74, 6) is -0.479. The van der Waals surface area contributed by atoms with Crippen LogP contribution in [0.15, 0.2) is 0 Å². The predicted octanol–water partition coefficient (Wildman–Crippen LogP) is 0.884. The molecular weight excluding hydrogens is 398 g/mol. The van der Waals surface area contributed by atoms with E-state index in [4.69, 9.17) is 5.11 Å². The molecule has 1 aliphatic heterocycles. The number of aldehydes is 1. The summed E-state index contributed by atoms with van der Waals surface area (Å²) < 4.78 is 1.76. The van der Waals surface area contributed by atoms with Crippen molar-refractivity contribution in [3.8, 4) is 0 Å². The van der Waals surface area contributed by atoms with E-state index in [1.807, 2.05) is 25.9 Å². The molecule has 1 saturated carbocycles. The Morgan fingerprint density at radius 1 is 1.29 bits per heavy atom. The highest BCUT2D eigenvalue weighted by Crippen LogP contribution is 2.26. The third-order valence-corrected chi connectivity index (χ3v) is 6.59. The van der Waals surface area contributed by atoms with Crippen LogP contribution in [-0.4, -0.2) is 77.6 Å². The SMILES string of the molecule is CC(C(=O)NC(C=O)C1CCCCC1)N(C)P.CN1CC(NP)CC1C(=O)O. The highest BCUT2D eigenvalue weighted by atomic mass is 31.0. The Kier molecular flexibility index (Phi) is 11.6. The van der Waals surface area contributed by atoms with E-state index < -0.39 is 5.97 Å². The number of carbonyl (C=O) groups is 3. The van der Waals surface area contributed by atoms with Crippen molar-refractivity contribution in [2.75, 3.05) is 20.6 Å². The molecule has 0 aromatic rings. The van der Waals surface area contributed by atoms with Gasteiger partial charge in [0.25, 0.3) is 0 Å². The Balaban J connectivity index is 0.000000307. The molecule has 1 amide bonds. The number of likely N-dealkylation sites (N-methyl/N-ethyl adjacent to an activating group) is 2. The Morgan fingerprint density at radius 2 is 1.89 bits per heavy atom. The largest absolute Gasteiger partial charge is 0.480 e. The monoisotopic (exact) mass is 434 g/mol. The van der Waals surface area contributed by atoms with Gasteiger partial charge in [-0.25, -0.2) is 0 Å². The van der Waals surface area contributed by atoms with E-state index in [1.165, 1.54) is 19.3 Å². The predicted molar refractivity (Wildman–Crippen MR) is 117 cm³/mol. The first-order valence-electron chi connectivity index (χ1n) is 9.83. The molecule has 0 bridgehead atoms. The summed E-state index contributed by atoms with van der Waals surface area (Å²) in [5, 5.41) is 14.6. The number of carboxylic acid groups (broad SMARTS) is 1. The molecule has 3 N–H and O–H groups in total. The first-order valence-corrected chi connectivity index (χ1v) is 10.9. The van der Waals surface area contributed by atoms with Crippen LogP contribution >= 0.6 is 18.8 Å². The number of amides is 1. The van der Waals surface area contributed by atoms with Gasteiger partial charge in [-0.2, -0.15) is 0 Å². The van der Waals surface area contributed by atoms with E-state index in [2.05, 4.69) is 29.2 Å². The maximum Gasteiger partial charge on any atom is 0.320 e. The first-order chi connectivity index (χ1) is 13.2. The van der Waals surface area contributed by atoms with Crippen molar-refractivity contribution in [1.82, 2.24) is 20.0 Å². The van der Waals surface area contributed by atoms with Gasteiger partial charge in [0.15, 0.2) is 0 Å². The van der Waals surface area contributed by atoms with Crippen molar-refractivity contribution in [3.63, 3.8) is 0 Å². The van der Waals surface area contributed by atoms with Gasteiger partial charge in [0, 0.05) is 12.6 Å². The van der Waals surface area contributed by atoms with E-state index in [1.54, 1.807) is 4.67 Å². The number of carbonyl (C=O) groups excluding carboxylic acids is 2. The molecule has 10 heteroatoms. The smallest absolute Gasteiger partial charge is 0.320 e. The Labute approximate surface area is 173 Å². The van der Waals surface area contributed by atoms with Gasteiger partial charge in [-0.3, -0.25) is 24.2 Å². The van der Waals surface area contributed by atoms with E-state index >= 15 is 0 Å². The summed E-state index contributed by atoms with van der Waals surface area (Å²) in [6, 6.07) is -0.555. The molecule has 28 heavy (non-hydrogen) atoms.